The minimum Gasteiger partial charge on any atom is -0.507 e. The standard InChI is InChI=1S/C30H27N3O4S2/c1-2-3-17-37-23-16-10-15-22(18-23)25-24(26(34)21-13-8-5-9-14-21)27(35)28(36)33(25)29-31-32-30(39-29)38-19-20-11-6-4-7-12-20/h4-16,18,25,34H,2-3,17,19H2,1H3/b26-24+. The van der Waals surface area contributed by atoms with Crippen molar-refractivity contribution in [1.29, 1.82) is 0 Å². The van der Waals surface area contributed by atoms with Crippen LogP contribution in [-0.2, 0) is 15.3 Å². The number of aliphatic hydroxyl groups is 1. The van der Waals surface area contributed by atoms with Gasteiger partial charge in [0.15, 0.2) is 4.34 Å². The molecule has 1 N–H and O–H groups in total. The van der Waals surface area contributed by atoms with Crippen LogP contribution in [-0.4, -0.2) is 33.6 Å². The molecule has 1 unspecified atom stereocenters. The lowest BCUT2D eigenvalue weighted by Crippen LogP contribution is -2.29. The molecule has 39 heavy (non-hydrogen) atoms. The van der Waals surface area contributed by atoms with E-state index in [1.54, 1.807) is 24.3 Å². The van der Waals surface area contributed by atoms with E-state index in [2.05, 4.69) is 17.1 Å². The molecule has 0 aliphatic carbocycles. The molecule has 1 saturated heterocycles. The van der Waals surface area contributed by atoms with Crippen LogP contribution in [0.1, 0.15) is 42.5 Å². The number of hydrogen-bond acceptors (Lipinski definition) is 8. The summed E-state index contributed by atoms with van der Waals surface area (Å²) in [6, 6.07) is 25.2. The van der Waals surface area contributed by atoms with Gasteiger partial charge in [0.2, 0.25) is 5.13 Å². The van der Waals surface area contributed by atoms with E-state index >= 15 is 0 Å². The monoisotopic (exact) mass is 557 g/mol. The summed E-state index contributed by atoms with van der Waals surface area (Å²) in [4.78, 5) is 28.2. The number of anilines is 1. The minimum atomic E-state index is -0.889. The molecule has 1 aliphatic heterocycles. The number of thioether (sulfide) groups is 1. The van der Waals surface area contributed by atoms with Crippen molar-refractivity contribution in [2.24, 2.45) is 0 Å². The maximum absolute atomic E-state index is 13.5. The Bertz CT molecular complexity index is 1490. The summed E-state index contributed by atoms with van der Waals surface area (Å²) in [7, 11) is 0. The molecule has 4 aromatic rings. The van der Waals surface area contributed by atoms with Gasteiger partial charge >= 0.3 is 5.91 Å². The summed E-state index contributed by atoms with van der Waals surface area (Å²) >= 11 is 2.75. The van der Waals surface area contributed by atoms with Crippen LogP contribution in [0.15, 0.2) is 94.8 Å². The summed E-state index contributed by atoms with van der Waals surface area (Å²) in [5.74, 6) is -0.439. The van der Waals surface area contributed by atoms with Gasteiger partial charge in [-0.15, -0.1) is 10.2 Å². The van der Waals surface area contributed by atoms with Crippen molar-refractivity contribution >= 4 is 45.7 Å². The van der Waals surface area contributed by atoms with Crippen molar-refractivity contribution in [1.82, 2.24) is 10.2 Å². The topological polar surface area (TPSA) is 92.6 Å². The molecular formula is C30H27N3O4S2. The molecule has 5 rings (SSSR count). The summed E-state index contributed by atoms with van der Waals surface area (Å²) < 4.78 is 6.58. The average Bonchev–Trinajstić information content (AvgIpc) is 3.55. The second-order valence-corrected chi connectivity index (χ2v) is 11.1. The van der Waals surface area contributed by atoms with Crippen molar-refractivity contribution in [3.05, 3.63) is 107 Å². The smallest absolute Gasteiger partial charge is 0.301 e. The minimum absolute atomic E-state index is 0.00518. The summed E-state index contributed by atoms with van der Waals surface area (Å²) in [5.41, 5.74) is 2.23. The van der Waals surface area contributed by atoms with Crippen LogP contribution < -0.4 is 9.64 Å². The molecule has 1 aromatic heterocycles. The Morgan fingerprint density at radius 1 is 1.00 bits per heavy atom. The van der Waals surface area contributed by atoms with Crippen molar-refractivity contribution in [3.8, 4) is 5.75 Å². The quantitative estimate of drug-likeness (QED) is 0.0584. The Balaban J connectivity index is 1.53. The molecule has 0 radical (unpaired) electrons. The number of aliphatic hydroxyl groups excluding tert-OH is 1. The first-order valence-corrected chi connectivity index (χ1v) is 14.5. The molecule has 3 aromatic carbocycles. The number of Topliss-reactive ketones (excluding diaryl/α,β-unsaturated/α-hetero) is 1. The van der Waals surface area contributed by atoms with Crippen LogP contribution in [0.2, 0.25) is 0 Å². The van der Waals surface area contributed by atoms with Crippen LogP contribution in [0.4, 0.5) is 5.13 Å². The zero-order valence-corrected chi connectivity index (χ0v) is 23.0. The molecule has 2 heterocycles. The number of unbranched alkanes of at least 4 members (excludes halogenated alkanes) is 1. The first kappa shape index (κ1) is 26.6. The maximum atomic E-state index is 13.5. The number of ketones is 1. The highest BCUT2D eigenvalue weighted by atomic mass is 32.2. The maximum Gasteiger partial charge on any atom is 0.301 e. The molecular weight excluding hydrogens is 530 g/mol. The molecule has 1 atom stereocenters. The fourth-order valence-corrected chi connectivity index (χ4v) is 6.11. The summed E-state index contributed by atoms with van der Waals surface area (Å²) in [6.07, 6.45) is 1.91. The molecule has 1 amide bonds. The average molecular weight is 558 g/mol. The Morgan fingerprint density at radius 3 is 2.49 bits per heavy atom. The van der Waals surface area contributed by atoms with Gasteiger partial charge in [0.05, 0.1) is 18.2 Å². The third-order valence-corrected chi connectivity index (χ3v) is 8.37. The normalized spacial score (nSPS) is 16.5. The van der Waals surface area contributed by atoms with Gasteiger partial charge in [0.25, 0.3) is 5.78 Å². The first-order chi connectivity index (χ1) is 19.1. The van der Waals surface area contributed by atoms with Crippen LogP contribution in [0, 0.1) is 0 Å². The van der Waals surface area contributed by atoms with Crippen molar-refractivity contribution < 1.29 is 19.4 Å². The lowest BCUT2D eigenvalue weighted by molar-refractivity contribution is -0.132. The Labute approximate surface area is 235 Å². The summed E-state index contributed by atoms with van der Waals surface area (Å²) in [6.45, 7) is 2.65. The molecule has 7 nitrogen and oxygen atoms in total. The zero-order chi connectivity index (χ0) is 27.2. The van der Waals surface area contributed by atoms with Gasteiger partial charge in [-0.25, -0.2) is 0 Å². The second kappa shape index (κ2) is 12.3. The van der Waals surface area contributed by atoms with Gasteiger partial charge in [-0.05, 0) is 29.7 Å². The van der Waals surface area contributed by atoms with Gasteiger partial charge in [-0.3, -0.25) is 14.5 Å². The predicted molar refractivity (Wildman–Crippen MR) is 154 cm³/mol. The Kier molecular flexibility index (Phi) is 8.39. The van der Waals surface area contributed by atoms with E-state index in [9.17, 15) is 14.7 Å². The molecule has 9 heteroatoms. The van der Waals surface area contributed by atoms with E-state index in [4.69, 9.17) is 4.74 Å². The van der Waals surface area contributed by atoms with Gasteiger partial charge in [0, 0.05) is 11.3 Å². The van der Waals surface area contributed by atoms with Crippen molar-refractivity contribution in [2.45, 2.75) is 35.9 Å². The Hall–Kier alpha value is -3.95. The molecule has 1 fully saturated rings. The van der Waals surface area contributed by atoms with Crippen LogP contribution in [0.25, 0.3) is 5.76 Å². The number of carbonyl (C=O) groups is 2. The Morgan fingerprint density at radius 2 is 1.74 bits per heavy atom. The van der Waals surface area contributed by atoms with Gasteiger partial charge in [0.1, 0.15) is 11.5 Å². The van der Waals surface area contributed by atoms with Gasteiger partial charge < -0.3 is 9.84 Å². The van der Waals surface area contributed by atoms with E-state index in [-0.39, 0.29) is 11.3 Å². The molecule has 198 valence electrons. The van der Waals surface area contributed by atoms with Gasteiger partial charge in [-0.1, -0.05) is 109 Å². The van der Waals surface area contributed by atoms with Crippen molar-refractivity contribution in [3.63, 3.8) is 0 Å². The van der Waals surface area contributed by atoms with E-state index in [0.717, 1.165) is 18.4 Å². The fraction of sp³-hybridized carbons (Fsp3) is 0.200. The number of benzene rings is 3. The summed E-state index contributed by atoms with van der Waals surface area (Å²) in [5, 5.41) is 20.1. The number of rotatable bonds is 10. The number of ether oxygens (including phenoxy) is 1. The lowest BCUT2D eigenvalue weighted by atomic mass is 9.95. The molecule has 0 saturated carbocycles. The lowest BCUT2D eigenvalue weighted by Gasteiger charge is -2.23. The highest BCUT2D eigenvalue weighted by molar-refractivity contribution is 8.00. The largest absolute Gasteiger partial charge is 0.507 e. The predicted octanol–water partition coefficient (Wildman–Crippen LogP) is 6.64. The SMILES string of the molecule is CCCCOc1cccc(C2/C(=C(\O)c3ccccc3)C(=O)C(=O)N2c2nnc(SCc3ccccc3)s2)c1. The molecule has 0 spiro atoms. The van der Waals surface area contributed by atoms with Gasteiger partial charge in [-0.2, -0.15) is 0 Å². The zero-order valence-electron chi connectivity index (χ0n) is 21.3. The van der Waals surface area contributed by atoms with E-state index in [1.807, 2.05) is 60.7 Å². The molecule has 0 bridgehead atoms. The highest BCUT2D eigenvalue weighted by Gasteiger charge is 2.48. The van der Waals surface area contributed by atoms with Crippen LogP contribution in [0.5, 0.6) is 5.75 Å². The molecule has 1 aliphatic rings. The van der Waals surface area contributed by atoms with Crippen LogP contribution >= 0.6 is 23.1 Å². The number of hydrogen-bond donors (Lipinski definition) is 1. The third-order valence-electron chi connectivity index (χ3n) is 6.24. The number of carbonyl (C=O) groups excluding carboxylic acids is 2. The number of nitrogens with zero attached hydrogens (tertiary/aromatic N) is 3. The second-order valence-electron chi connectivity index (χ2n) is 8.93. The van der Waals surface area contributed by atoms with Crippen LogP contribution in [0.3, 0.4) is 0 Å². The first-order valence-electron chi connectivity index (χ1n) is 12.7. The number of amides is 1. The van der Waals surface area contributed by atoms with E-state index < -0.39 is 17.7 Å². The van der Waals surface area contributed by atoms with E-state index in [0.29, 0.717) is 38.7 Å². The number of aromatic nitrogens is 2. The van der Waals surface area contributed by atoms with Crippen molar-refractivity contribution in [2.75, 3.05) is 11.5 Å². The highest BCUT2D eigenvalue weighted by Crippen LogP contribution is 2.44. The fourth-order valence-electron chi connectivity index (χ4n) is 4.28. The van der Waals surface area contributed by atoms with E-state index in [1.165, 1.54) is 28.0 Å². The third kappa shape index (κ3) is 5.89.